The molecule has 0 bridgehead atoms. The van der Waals surface area contributed by atoms with Crippen molar-refractivity contribution < 1.29 is 4.79 Å². The lowest BCUT2D eigenvalue weighted by Crippen LogP contribution is -2.21. The van der Waals surface area contributed by atoms with Crippen LogP contribution in [0.15, 0.2) is 24.3 Å². The van der Waals surface area contributed by atoms with Crippen molar-refractivity contribution >= 4 is 28.6 Å². The number of rotatable bonds is 7. The average Bonchev–Trinajstić information content (AvgIpc) is 2.86. The molecule has 2 rings (SSSR count). The van der Waals surface area contributed by atoms with E-state index in [0.717, 1.165) is 35.9 Å². The van der Waals surface area contributed by atoms with E-state index in [0.29, 0.717) is 6.42 Å². The van der Waals surface area contributed by atoms with Gasteiger partial charge in [-0.1, -0.05) is 0 Å². The van der Waals surface area contributed by atoms with E-state index in [9.17, 15) is 4.79 Å². The van der Waals surface area contributed by atoms with Crippen molar-refractivity contribution in [3.63, 3.8) is 0 Å². The van der Waals surface area contributed by atoms with Crippen LogP contribution < -0.4 is 10.2 Å². The lowest BCUT2D eigenvalue weighted by atomic mass is 10.2. The summed E-state index contributed by atoms with van der Waals surface area (Å²) >= 11 is 1.68. The van der Waals surface area contributed by atoms with E-state index < -0.39 is 0 Å². The predicted molar refractivity (Wildman–Crippen MR) is 98.5 cm³/mol. The van der Waals surface area contributed by atoms with E-state index in [-0.39, 0.29) is 5.91 Å². The first-order chi connectivity index (χ1) is 11.0. The summed E-state index contributed by atoms with van der Waals surface area (Å²) < 4.78 is 0. The normalized spacial score (nSPS) is 10.6. The van der Waals surface area contributed by atoms with Gasteiger partial charge in [0.1, 0.15) is 0 Å². The molecule has 1 amide bonds. The Kier molecular flexibility index (Phi) is 6.16. The van der Waals surface area contributed by atoms with Crippen molar-refractivity contribution in [3.05, 3.63) is 39.8 Å². The van der Waals surface area contributed by atoms with Gasteiger partial charge >= 0.3 is 0 Å². The third kappa shape index (κ3) is 4.79. The molecule has 124 valence electrons. The van der Waals surface area contributed by atoms with Crippen LogP contribution in [0.3, 0.4) is 0 Å². The first kappa shape index (κ1) is 17.5. The Morgan fingerprint density at radius 3 is 2.35 bits per heavy atom. The Bertz CT molecular complexity index is 645. The van der Waals surface area contributed by atoms with Crippen molar-refractivity contribution in [2.24, 2.45) is 0 Å². The molecule has 1 N–H and O–H groups in total. The van der Waals surface area contributed by atoms with E-state index in [1.54, 1.807) is 11.3 Å². The van der Waals surface area contributed by atoms with Crippen LogP contribution in [0.4, 0.5) is 11.4 Å². The Morgan fingerprint density at radius 2 is 1.83 bits per heavy atom. The molecular formula is C18H25N3OS. The van der Waals surface area contributed by atoms with Gasteiger partial charge in [0.15, 0.2) is 0 Å². The summed E-state index contributed by atoms with van der Waals surface area (Å²) in [5.41, 5.74) is 3.08. The van der Waals surface area contributed by atoms with Crippen LogP contribution in [0.5, 0.6) is 0 Å². The maximum absolute atomic E-state index is 12.1. The van der Waals surface area contributed by atoms with E-state index >= 15 is 0 Å². The quantitative estimate of drug-likeness (QED) is 0.828. The monoisotopic (exact) mass is 331 g/mol. The highest BCUT2D eigenvalue weighted by molar-refractivity contribution is 7.11. The molecule has 0 saturated heterocycles. The lowest BCUT2D eigenvalue weighted by molar-refractivity contribution is -0.116. The second kappa shape index (κ2) is 8.11. The summed E-state index contributed by atoms with van der Waals surface area (Å²) in [5.74, 6) is 0.0473. The van der Waals surface area contributed by atoms with Crippen molar-refractivity contribution in [1.82, 2.24) is 4.98 Å². The zero-order valence-electron chi connectivity index (χ0n) is 14.3. The van der Waals surface area contributed by atoms with Crippen LogP contribution in [-0.4, -0.2) is 24.0 Å². The minimum absolute atomic E-state index is 0.0473. The summed E-state index contributed by atoms with van der Waals surface area (Å²) in [7, 11) is 0. The summed E-state index contributed by atoms with van der Waals surface area (Å²) in [5, 5.41) is 4.03. The highest BCUT2D eigenvalue weighted by Crippen LogP contribution is 2.20. The Morgan fingerprint density at radius 1 is 1.17 bits per heavy atom. The fourth-order valence-corrected chi connectivity index (χ4v) is 3.54. The molecule has 5 heteroatoms. The number of amides is 1. The Balaban J connectivity index is 1.89. The third-order valence-corrected chi connectivity index (χ3v) is 4.99. The van der Waals surface area contributed by atoms with Crippen LogP contribution in [0.1, 0.15) is 35.8 Å². The number of nitrogens with zero attached hydrogens (tertiary/aromatic N) is 2. The van der Waals surface area contributed by atoms with E-state index in [1.165, 1.54) is 10.6 Å². The molecule has 0 aliphatic rings. The molecule has 1 heterocycles. The van der Waals surface area contributed by atoms with Crippen molar-refractivity contribution in [2.75, 3.05) is 23.3 Å². The number of hydrogen-bond donors (Lipinski definition) is 1. The van der Waals surface area contributed by atoms with E-state index in [4.69, 9.17) is 0 Å². The second-order valence-corrected chi connectivity index (χ2v) is 6.80. The minimum Gasteiger partial charge on any atom is -0.372 e. The highest BCUT2D eigenvalue weighted by atomic mass is 32.1. The third-order valence-electron chi connectivity index (χ3n) is 3.86. The number of anilines is 2. The SMILES string of the molecule is CCN(CC)c1ccc(NC(=O)CCc2sc(C)nc2C)cc1. The van der Waals surface area contributed by atoms with Gasteiger partial charge in [-0.25, -0.2) is 4.98 Å². The number of carbonyl (C=O) groups is 1. The van der Waals surface area contributed by atoms with Crippen LogP contribution in [0, 0.1) is 13.8 Å². The Hall–Kier alpha value is -1.88. The molecule has 23 heavy (non-hydrogen) atoms. The zero-order valence-corrected chi connectivity index (χ0v) is 15.2. The standard InChI is InChI=1S/C18H25N3OS/c1-5-21(6-2)16-9-7-15(8-10-16)20-18(22)12-11-17-13(3)19-14(4)23-17/h7-10H,5-6,11-12H2,1-4H3,(H,20,22). The van der Waals surface area contributed by atoms with E-state index in [1.807, 2.05) is 26.0 Å². The van der Waals surface area contributed by atoms with Gasteiger partial charge < -0.3 is 10.2 Å². The van der Waals surface area contributed by atoms with Crippen molar-refractivity contribution in [1.29, 1.82) is 0 Å². The van der Waals surface area contributed by atoms with Gasteiger partial charge in [0.05, 0.1) is 10.7 Å². The second-order valence-electron chi connectivity index (χ2n) is 5.51. The van der Waals surface area contributed by atoms with Gasteiger partial charge in [-0.15, -0.1) is 11.3 Å². The molecule has 0 aliphatic carbocycles. The maximum atomic E-state index is 12.1. The number of benzene rings is 1. The molecule has 1 aromatic carbocycles. The Labute approximate surface area is 142 Å². The first-order valence-corrected chi connectivity index (χ1v) is 8.92. The van der Waals surface area contributed by atoms with Crippen LogP contribution in [-0.2, 0) is 11.2 Å². The van der Waals surface area contributed by atoms with E-state index in [2.05, 4.69) is 41.2 Å². The fraction of sp³-hybridized carbons (Fsp3) is 0.444. The van der Waals surface area contributed by atoms with Crippen LogP contribution >= 0.6 is 11.3 Å². The summed E-state index contributed by atoms with van der Waals surface area (Å²) in [6, 6.07) is 8.04. The van der Waals surface area contributed by atoms with Crippen LogP contribution in [0.2, 0.25) is 0 Å². The number of hydrogen-bond acceptors (Lipinski definition) is 4. The van der Waals surface area contributed by atoms with Crippen molar-refractivity contribution in [2.45, 2.75) is 40.5 Å². The first-order valence-electron chi connectivity index (χ1n) is 8.11. The van der Waals surface area contributed by atoms with Gasteiger partial charge in [0.25, 0.3) is 0 Å². The molecule has 0 radical (unpaired) electrons. The summed E-state index contributed by atoms with van der Waals surface area (Å²) in [6.07, 6.45) is 1.24. The topological polar surface area (TPSA) is 45.2 Å². The molecule has 0 aliphatic heterocycles. The number of nitrogens with one attached hydrogen (secondary N) is 1. The van der Waals surface area contributed by atoms with Gasteiger partial charge in [-0.05, 0) is 58.4 Å². The maximum Gasteiger partial charge on any atom is 0.224 e. The number of aryl methyl sites for hydroxylation is 3. The smallest absolute Gasteiger partial charge is 0.224 e. The van der Waals surface area contributed by atoms with Gasteiger partial charge in [0.2, 0.25) is 5.91 Å². The molecular weight excluding hydrogens is 306 g/mol. The van der Waals surface area contributed by atoms with Crippen LogP contribution in [0.25, 0.3) is 0 Å². The molecule has 0 spiro atoms. The molecule has 0 unspecified atom stereocenters. The lowest BCUT2D eigenvalue weighted by Gasteiger charge is -2.21. The molecule has 0 fully saturated rings. The predicted octanol–water partition coefficient (Wildman–Crippen LogP) is 4.18. The summed E-state index contributed by atoms with van der Waals surface area (Å²) in [6.45, 7) is 10.2. The van der Waals surface area contributed by atoms with Gasteiger partial charge in [-0.2, -0.15) is 0 Å². The van der Waals surface area contributed by atoms with Gasteiger partial charge in [0, 0.05) is 35.8 Å². The zero-order chi connectivity index (χ0) is 16.8. The van der Waals surface area contributed by atoms with Crippen molar-refractivity contribution in [3.8, 4) is 0 Å². The molecule has 0 atom stereocenters. The average molecular weight is 331 g/mol. The summed E-state index contributed by atoms with van der Waals surface area (Å²) in [4.78, 5) is 20.0. The minimum atomic E-state index is 0.0473. The fourth-order valence-electron chi connectivity index (χ4n) is 2.60. The molecule has 1 aromatic heterocycles. The number of aromatic nitrogens is 1. The number of carbonyl (C=O) groups excluding carboxylic acids is 1. The molecule has 2 aromatic rings. The highest BCUT2D eigenvalue weighted by Gasteiger charge is 2.09. The molecule has 4 nitrogen and oxygen atoms in total. The number of thiazole rings is 1. The molecule has 0 saturated carbocycles. The largest absolute Gasteiger partial charge is 0.372 e. The van der Waals surface area contributed by atoms with Gasteiger partial charge in [-0.3, -0.25) is 4.79 Å².